The number of esters is 1. The summed E-state index contributed by atoms with van der Waals surface area (Å²) in [5.41, 5.74) is 2.88. The van der Waals surface area contributed by atoms with Gasteiger partial charge in [0, 0.05) is 60.0 Å². The van der Waals surface area contributed by atoms with Crippen LogP contribution in [0.1, 0.15) is 41.8 Å². The molecule has 0 spiro atoms. The average Bonchev–Trinajstić information content (AvgIpc) is 3.63. The molecular weight excluding hydrogens is 852 g/mol. The number of nitrogens with zero attached hydrogens (tertiary/aromatic N) is 2. The van der Waals surface area contributed by atoms with E-state index in [0.717, 1.165) is 21.1 Å². The summed E-state index contributed by atoms with van der Waals surface area (Å²) in [5.74, 6) is 9.95. The molecule has 3 amide bonds. The fraction of sp³-hybridized carbons (Fsp3) is 0.259. The zero-order valence-corrected chi connectivity index (χ0v) is 32.8. The van der Waals surface area contributed by atoms with Gasteiger partial charge < -0.3 is 29.7 Å². The SMILES string of the molecule is CNC(=O)c1c(C(=O)NN)oc2cc(N(C)S(C)(=O)=O)c(Br)cc12.CNC(=O)c1c(C(=O)OC)oc2cc(N(C)S(C)(=O)=O)c(Br)cc12.NN.O. The van der Waals surface area contributed by atoms with Gasteiger partial charge in [-0.15, -0.1) is 0 Å². The Hall–Kier alpha value is -4.30. The molecule has 51 heavy (non-hydrogen) atoms. The van der Waals surface area contributed by atoms with Gasteiger partial charge in [-0.1, -0.05) is 0 Å². The van der Waals surface area contributed by atoms with Crippen LogP contribution in [-0.2, 0) is 24.8 Å². The minimum atomic E-state index is -3.51. The van der Waals surface area contributed by atoms with E-state index in [1.807, 2.05) is 5.43 Å². The van der Waals surface area contributed by atoms with Crippen molar-refractivity contribution in [2.45, 2.75) is 0 Å². The van der Waals surface area contributed by atoms with Crippen molar-refractivity contribution in [1.82, 2.24) is 16.1 Å². The number of halogens is 2. The monoisotopic (exact) mass is 886 g/mol. The van der Waals surface area contributed by atoms with E-state index >= 15 is 0 Å². The van der Waals surface area contributed by atoms with Crippen LogP contribution in [0.4, 0.5) is 11.4 Å². The van der Waals surface area contributed by atoms with Gasteiger partial charge >= 0.3 is 11.9 Å². The summed E-state index contributed by atoms with van der Waals surface area (Å²) in [6.45, 7) is 0. The van der Waals surface area contributed by atoms with Crippen LogP contribution in [0, 0.1) is 0 Å². The van der Waals surface area contributed by atoms with Gasteiger partial charge in [0.1, 0.15) is 16.7 Å². The molecule has 2 aromatic carbocycles. The topological polar surface area (TPSA) is 324 Å². The number of nitrogens with one attached hydrogen (secondary N) is 3. The van der Waals surface area contributed by atoms with Gasteiger partial charge in [-0.05, 0) is 44.0 Å². The van der Waals surface area contributed by atoms with Crippen LogP contribution in [0.3, 0.4) is 0 Å². The summed E-state index contributed by atoms with van der Waals surface area (Å²) in [7, 11) is -0.261. The zero-order valence-electron chi connectivity index (χ0n) is 28.0. The second kappa shape index (κ2) is 17.8. The number of sulfonamides is 2. The number of hydrogen-bond donors (Lipinski definition) is 6. The van der Waals surface area contributed by atoms with Crippen molar-refractivity contribution >= 4 is 109 Å². The maximum Gasteiger partial charge on any atom is 0.374 e. The highest BCUT2D eigenvalue weighted by Crippen LogP contribution is 2.37. The standard InChI is InChI=1S/C14H15BrN2O6S.C13H15BrN4O5S.H4N2.H2O/c1-16-13(18)11-7-5-8(15)9(17(2)24(4,20)21)6-10(7)23-12(11)14(19)22-3;1-16-12(19)10-6-4-7(14)8(18(2)24(3,21)22)5-9(6)23-11(10)13(20)17-15;1-2;/h5-6H,1-4H3,(H,16,18);4-5H,15H2,1-3H3,(H,16,19)(H,17,20);1-2H2;1H2. The molecule has 0 unspecified atom stereocenters. The Bertz CT molecular complexity index is 2030. The molecule has 4 rings (SSSR count). The molecule has 0 aliphatic heterocycles. The number of fused-ring (bicyclic) bond motifs is 2. The van der Waals surface area contributed by atoms with Crippen molar-refractivity contribution in [2.24, 2.45) is 17.5 Å². The third-order valence-electron chi connectivity index (χ3n) is 6.80. The lowest BCUT2D eigenvalue weighted by Gasteiger charge is -2.18. The second-order valence-corrected chi connectivity index (χ2v) is 15.5. The van der Waals surface area contributed by atoms with Crippen LogP contribution in [0.5, 0.6) is 0 Å². The number of hydrogen-bond acceptors (Lipinski definition) is 14. The molecule has 0 bridgehead atoms. The number of rotatable bonds is 8. The molecule has 0 saturated carbocycles. The highest BCUT2D eigenvalue weighted by molar-refractivity contribution is 9.11. The zero-order chi connectivity index (χ0) is 38.5. The molecule has 11 N–H and O–H groups in total. The highest BCUT2D eigenvalue weighted by atomic mass is 79.9. The molecule has 2 aromatic heterocycles. The Morgan fingerprint density at radius 1 is 0.725 bits per heavy atom. The van der Waals surface area contributed by atoms with E-state index in [4.69, 9.17) is 14.7 Å². The van der Waals surface area contributed by atoms with Crippen molar-refractivity contribution in [3.63, 3.8) is 0 Å². The van der Waals surface area contributed by atoms with Gasteiger partial charge in [0.05, 0.1) is 36.6 Å². The summed E-state index contributed by atoms with van der Waals surface area (Å²) in [5, 5.41) is 5.54. The molecule has 24 heteroatoms. The van der Waals surface area contributed by atoms with Crippen LogP contribution < -0.4 is 42.2 Å². The van der Waals surface area contributed by atoms with Crippen molar-refractivity contribution in [2.75, 3.05) is 56.4 Å². The summed E-state index contributed by atoms with van der Waals surface area (Å²) in [6.07, 6.45) is 2.11. The smallest absolute Gasteiger partial charge is 0.374 e. The Morgan fingerprint density at radius 2 is 1.08 bits per heavy atom. The van der Waals surface area contributed by atoms with Crippen LogP contribution in [0.2, 0.25) is 0 Å². The third kappa shape index (κ3) is 9.53. The van der Waals surface area contributed by atoms with Gasteiger partial charge in [-0.25, -0.2) is 27.5 Å². The quantitative estimate of drug-likeness (QED) is 0.0600. The number of methoxy groups -OCH3 is 1. The lowest BCUT2D eigenvalue weighted by atomic mass is 10.1. The molecule has 20 nitrogen and oxygen atoms in total. The molecule has 0 radical (unpaired) electrons. The molecule has 0 aliphatic rings. The minimum absolute atomic E-state index is 0. The average molecular weight is 889 g/mol. The van der Waals surface area contributed by atoms with Crippen LogP contribution in [0.25, 0.3) is 21.9 Å². The number of ether oxygens (including phenoxy) is 1. The summed E-state index contributed by atoms with van der Waals surface area (Å²) in [6, 6.07) is 5.88. The maximum atomic E-state index is 12.1. The van der Waals surface area contributed by atoms with E-state index in [1.165, 1.54) is 59.6 Å². The van der Waals surface area contributed by atoms with Gasteiger partial charge in [-0.2, -0.15) is 0 Å². The molecule has 4 aromatic rings. The van der Waals surface area contributed by atoms with Crippen molar-refractivity contribution in [1.29, 1.82) is 0 Å². The Morgan fingerprint density at radius 3 is 1.39 bits per heavy atom. The van der Waals surface area contributed by atoms with E-state index < -0.39 is 43.7 Å². The Balaban J connectivity index is 0.000000477. The van der Waals surface area contributed by atoms with E-state index in [0.29, 0.717) is 31.1 Å². The van der Waals surface area contributed by atoms with E-state index in [9.17, 15) is 36.0 Å². The Labute approximate surface area is 308 Å². The number of hydrazine groups is 2. The number of benzene rings is 2. The first-order valence-electron chi connectivity index (χ1n) is 13.5. The number of furan rings is 2. The first-order chi connectivity index (χ1) is 23.2. The summed E-state index contributed by atoms with van der Waals surface area (Å²) < 4.78 is 65.4. The highest BCUT2D eigenvalue weighted by Gasteiger charge is 2.29. The van der Waals surface area contributed by atoms with Gasteiger partial charge in [0.2, 0.25) is 31.6 Å². The van der Waals surface area contributed by atoms with Crippen molar-refractivity contribution < 1.29 is 55.1 Å². The lowest BCUT2D eigenvalue weighted by molar-refractivity contribution is 0.0562. The number of anilines is 2. The predicted octanol–water partition coefficient (Wildman–Crippen LogP) is 0.286. The van der Waals surface area contributed by atoms with Crippen LogP contribution in [-0.4, -0.2) is 93.8 Å². The normalized spacial score (nSPS) is 10.8. The third-order valence-corrected chi connectivity index (χ3v) is 10.5. The molecule has 0 saturated heterocycles. The largest absolute Gasteiger partial charge is 0.463 e. The number of nitrogen functional groups attached to an aromatic ring is 1. The van der Waals surface area contributed by atoms with Gasteiger partial charge in [0.15, 0.2) is 0 Å². The summed E-state index contributed by atoms with van der Waals surface area (Å²) >= 11 is 6.56. The fourth-order valence-corrected chi connectivity index (χ4v) is 6.68. The van der Waals surface area contributed by atoms with Gasteiger partial charge in [0.25, 0.3) is 11.8 Å². The fourth-order valence-electron chi connectivity index (χ4n) is 4.21. The molecule has 0 aliphatic carbocycles. The van der Waals surface area contributed by atoms with Gasteiger partial charge in [-0.3, -0.25) is 40.1 Å². The number of nitrogens with two attached hydrogens (primary N) is 3. The van der Waals surface area contributed by atoms with Crippen LogP contribution in [0.15, 0.2) is 42.0 Å². The van der Waals surface area contributed by atoms with Crippen LogP contribution >= 0.6 is 31.9 Å². The van der Waals surface area contributed by atoms with Crippen molar-refractivity contribution in [3.8, 4) is 0 Å². The first-order valence-corrected chi connectivity index (χ1v) is 18.8. The molecule has 2 heterocycles. The first kappa shape index (κ1) is 44.7. The maximum absolute atomic E-state index is 12.1. The molecule has 282 valence electrons. The molecule has 0 fully saturated rings. The van der Waals surface area contributed by atoms with E-state index in [2.05, 4.69) is 58.9 Å². The van der Waals surface area contributed by atoms with Crippen molar-refractivity contribution in [3.05, 3.63) is 55.9 Å². The molecule has 0 atom stereocenters. The molecular formula is C27H36Br2N8O12S2. The van der Waals surface area contributed by atoms with E-state index in [-0.39, 0.29) is 39.3 Å². The minimum Gasteiger partial charge on any atom is -0.463 e. The second-order valence-electron chi connectivity index (χ2n) is 9.80. The number of carbonyl (C=O) groups is 4. The van der Waals surface area contributed by atoms with E-state index in [1.54, 1.807) is 0 Å². The number of amides is 3. The number of carbonyl (C=O) groups excluding carboxylic acids is 4. The predicted molar refractivity (Wildman–Crippen MR) is 196 cm³/mol. The lowest BCUT2D eigenvalue weighted by Crippen LogP contribution is -2.31. The Kier molecular flexibility index (Phi) is 15.6. The summed E-state index contributed by atoms with van der Waals surface area (Å²) in [4.78, 5) is 48.0.